The van der Waals surface area contributed by atoms with Gasteiger partial charge >= 0.3 is 0 Å². The molecule has 5 nitrogen and oxygen atoms in total. The van der Waals surface area contributed by atoms with Crippen LogP contribution in [-0.4, -0.2) is 11.7 Å². The number of nitrogens with one attached hydrogen (secondary N) is 2. The zero-order valence-electron chi connectivity index (χ0n) is 18.4. The molecule has 2 aromatic carbocycles. The summed E-state index contributed by atoms with van der Waals surface area (Å²) >= 11 is 17.6. The Kier molecular flexibility index (Phi) is 7.55. The second-order valence-electron chi connectivity index (χ2n) is 8.35. The summed E-state index contributed by atoms with van der Waals surface area (Å²) < 4.78 is 11.8. The minimum absolute atomic E-state index is 0.265. The number of halogens is 2. The van der Waals surface area contributed by atoms with E-state index >= 15 is 0 Å². The van der Waals surface area contributed by atoms with Crippen LogP contribution in [0.15, 0.2) is 47.7 Å². The first-order valence-electron chi connectivity index (χ1n) is 10.2. The molecule has 0 aliphatic carbocycles. The number of allylic oxidation sites excluding steroid dienone is 1. The van der Waals surface area contributed by atoms with Crippen LogP contribution in [0.1, 0.15) is 44.9 Å². The first-order valence-corrected chi connectivity index (χ1v) is 11.4. The second kappa shape index (κ2) is 9.99. The molecule has 8 heteroatoms. The summed E-state index contributed by atoms with van der Waals surface area (Å²) in [5.41, 5.74) is 2.81. The van der Waals surface area contributed by atoms with Crippen molar-refractivity contribution in [2.75, 3.05) is 6.61 Å². The zero-order chi connectivity index (χ0) is 23.5. The van der Waals surface area contributed by atoms with Crippen LogP contribution >= 0.6 is 35.4 Å². The third-order valence-corrected chi connectivity index (χ3v) is 5.75. The number of thiocarbonyl (C=S) groups is 1. The fraction of sp³-hybridized carbons (Fsp3) is 0.333. The van der Waals surface area contributed by atoms with Gasteiger partial charge in [0.2, 0.25) is 0 Å². The minimum atomic E-state index is -0.387. The van der Waals surface area contributed by atoms with Crippen LogP contribution in [0.3, 0.4) is 0 Å². The highest BCUT2D eigenvalue weighted by atomic mass is 35.5. The highest BCUT2D eigenvalue weighted by Gasteiger charge is 2.32. The largest absolute Gasteiger partial charge is 0.490 e. The van der Waals surface area contributed by atoms with E-state index in [0.717, 1.165) is 16.8 Å². The van der Waals surface area contributed by atoms with Gasteiger partial charge in [-0.05, 0) is 49.0 Å². The summed E-state index contributed by atoms with van der Waals surface area (Å²) in [7, 11) is 0. The van der Waals surface area contributed by atoms with Crippen molar-refractivity contribution in [3.8, 4) is 17.6 Å². The summed E-state index contributed by atoms with van der Waals surface area (Å²) in [5.74, 6) is 1.16. The second-order valence-corrected chi connectivity index (χ2v) is 9.60. The lowest BCUT2D eigenvalue weighted by Crippen LogP contribution is -2.46. The maximum absolute atomic E-state index is 9.92. The maximum Gasteiger partial charge on any atom is 0.171 e. The van der Waals surface area contributed by atoms with E-state index in [2.05, 4.69) is 16.7 Å². The molecule has 3 rings (SSSR count). The molecule has 32 heavy (non-hydrogen) atoms. The summed E-state index contributed by atoms with van der Waals surface area (Å²) in [4.78, 5) is 0. The van der Waals surface area contributed by atoms with Crippen LogP contribution in [0.4, 0.5) is 0 Å². The molecule has 0 saturated carbocycles. The van der Waals surface area contributed by atoms with Crippen molar-refractivity contribution in [3.05, 3.63) is 68.8 Å². The first-order chi connectivity index (χ1) is 15.1. The number of benzene rings is 2. The Labute approximate surface area is 204 Å². The predicted octanol–water partition coefficient (Wildman–Crippen LogP) is 6.31. The maximum atomic E-state index is 9.92. The van der Waals surface area contributed by atoms with E-state index in [1.807, 2.05) is 52.0 Å². The van der Waals surface area contributed by atoms with Gasteiger partial charge in [-0.1, -0.05) is 56.1 Å². The van der Waals surface area contributed by atoms with Crippen molar-refractivity contribution < 1.29 is 9.47 Å². The van der Waals surface area contributed by atoms with Gasteiger partial charge in [0.15, 0.2) is 16.6 Å². The van der Waals surface area contributed by atoms with Crippen LogP contribution in [0, 0.1) is 16.7 Å². The molecule has 0 saturated heterocycles. The average Bonchev–Trinajstić information content (AvgIpc) is 2.72. The summed E-state index contributed by atoms with van der Waals surface area (Å²) in [5, 5.41) is 17.9. The Morgan fingerprint density at radius 1 is 1.09 bits per heavy atom. The van der Waals surface area contributed by atoms with Crippen molar-refractivity contribution in [1.29, 1.82) is 5.26 Å². The normalized spacial score (nSPS) is 16.2. The Morgan fingerprint density at radius 2 is 1.84 bits per heavy atom. The third-order valence-electron chi connectivity index (χ3n) is 4.94. The molecule has 1 aliphatic rings. The average molecular weight is 490 g/mol. The van der Waals surface area contributed by atoms with Crippen molar-refractivity contribution in [2.24, 2.45) is 5.41 Å². The van der Waals surface area contributed by atoms with Crippen LogP contribution in [0.2, 0.25) is 10.0 Å². The quantitative estimate of drug-likeness (QED) is 0.463. The lowest BCUT2D eigenvalue weighted by atomic mass is 9.84. The fourth-order valence-corrected chi connectivity index (χ4v) is 4.10. The molecule has 0 spiro atoms. The van der Waals surface area contributed by atoms with Gasteiger partial charge in [-0.25, -0.2) is 0 Å². The molecule has 168 valence electrons. The van der Waals surface area contributed by atoms with Crippen molar-refractivity contribution in [1.82, 2.24) is 10.6 Å². The van der Waals surface area contributed by atoms with Crippen molar-refractivity contribution in [3.63, 3.8) is 0 Å². The van der Waals surface area contributed by atoms with Crippen molar-refractivity contribution >= 4 is 40.5 Å². The molecule has 0 bridgehead atoms. The molecule has 1 aliphatic heterocycles. The third kappa shape index (κ3) is 5.47. The molecule has 0 aromatic heterocycles. The number of ether oxygens (including phenoxy) is 2. The number of rotatable bonds is 6. The van der Waals surface area contributed by atoms with Crippen LogP contribution < -0.4 is 20.1 Å². The molecule has 0 radical (unpaired) electrons. The van der Waals surface area contributed by atoms with Gasteiger partial charge in [0.05, 0.1) is 24.3 Å². The van der Waals surface area contributed by atoms with Gasteiger partial charge in [0.1, 0.15) is 6.61 Å². The van der Waals surface area contributed by atoms with E-state index in [-0.39, 0.29) is 18.1 Å². The van der Waals surface area contributed by atoms with Gasteiger partial charge in [-0.3, -0.25) is 0 Å². The number of nitrogens with zero attached hydrogens (tertiary/aromatic N) is 1. The lowest BCUT2D eigenvalue weighted by molar-refractivity contribution is 0.269. The smallest absolute Gasteiger partial charge is 0.171 e. The minimum Gasteiger partial charge on any atom is -0.490 e. The first kappa shape index (κ1) is 24.2. The Balaban J connectivity index is 1.94. The van der Waals surface area contributed by atoms with Crippen LogP contribution in [0.5, 0.6) is 11.5 Å². The molecular formula is C24H25Cl2N3O2S. The van der Waals surface area contributed by atoms with Crippen molar-refractivity contribution in [2.45, 2.75) is 40.3 Å². The van der Waals surface area contributed by atoms with Gasteiger partial charge in [-0.2, -0.15) is 5.26 Å². The molecule has 2 N–H and O–H groups in total. The van der Waals surface area contributed by atoms with Gasteiger partial charge in [0, 0.05) is 26.7 Å². The summed E-state index contributed by atoms with van der Waals surface area (Å²) in [6.45, 7) is 8.77. The van der Waals surface area contributed by atoms with Crippen LogP contribution in [0.25, 0.3) is 0 Å². The Bertz CT molecular complexity index is 1100. The molecule has 0 fully saturated rings. The van der Waals surface area contributed by atoms with E-state index < -0.39 is 0 Å². The fourth-order valence-electron chi connectivity index (χ4n) is 3.41. The van der Waals surface area contributed by atoms with E-state index in [4.69, 9.17) is 44.9 Å². The van der Waals surface area contributed by atoms with Gasteiger partial charge in [-0.15, -0.1) is 0 Å². The Hall–Kier alpha value is -2.46. The number of hydrogen-bond donors (Lipinski definition) is 2. The molecular weight excluding hydrogens is 465 g/mol. The van der Waals surface area contributed by atoms with Gasteiger partial charge < -0.3 is 20.1 Å². The topological polar surface area (TPSA) is 66.3 Å². The Morgan fingerprint density at radius 3 is 2.47 bits per heavy atom. The van der Waals surface area contributed by atoms with Crippen LogP contribution in [-0.2, 0) is 6.61 Å². The highest BCUT2D eigenvalue weighted by molar-refractivity contribution is 7.80. The highest BCUT2D eigenvalue weighted by Crippen LogP contribution is 2.38. The summed E-state index contributed by atoms with van der Waals surface area (Å²) in [6, 6.07) is 12.9. The van der Waals surface area contributed by atoms with E-state index in [1.165, 1.54) is 0 Å². The van der Waals surface area contributed by atoms with E-state index in [9.17, 15) is 5.26 Å². The summed E-state index contributed by atoms with van der Waals surface area (Å²) in [6.07, 6.45) is 0. The lowest BCUT2D eigenvalue weighted by Gasteiger charge is -2.35. The molecule has 0 unspecified atom stereocenters. The molecule has 1 atom stereocenters. The standard InChI is InChI=1S/C24H25Cl2N3O2S/c1-5-30-20-10-14(21-17(12-27)22(24(2,3)4)29-23(32)28-21)7-9-19(20)31-13-15-6-8-16(25)11-18(15)26/h6-11,21H,5,13H2,1-4H3,(H2,28,29,32)/t21-/m0/s1. The monoisotopic (exact) mass is 489 g/mol. The molecule has 1 heterocycles. The predicted molar refractivity (Wildman–Crippen MR) is 132 cm³/mol. The van der Waals surface area contributed by atoms with Gasteiger partial charge in [0.25, 0.3) is 0 Å². The van der Waals surface area contributed by atoms with E-state index in [1.54, 1.807) is 12.1 Å². The van der Waals surface area contributed by atoms with E-state index in [0.29, 0.717) is 38.8 Å². The number of nitriles is 1. The molecule has 0 amide bonds. The SMILES string of the molecule is CCOc1cc([C@@H]2NC(=S)NC(C(C)(C)C)=C2C#N)ccc1OCc1ccc(Cl)cc1Cl. The molecule has 2 aromatic rings. The number of hydrogen-bond acceptors (Lipinski definition) is 4. The zero-order valence-corrected chi connectivity index (χ0v) is 20.7.